The Morgan fingerprint density at radius 1 is 1.21 bits per heavy atom. The number of rotatable bonds is 6. The van der Waals surface area contributed by atoms with Gasteiger partial charge in [0.25, 0.3) is 5.91 Å². The SMILES string of the molecule is COc1ccccc1CC1(C)NC(=O)N(CC(=O)Nc2ccccc2C#N)C1=O. The van der Waals surface area contributed by atoms with Gasteiger partial charge >= 0.3 is 6.03 Å². The van der Waals surface area contributed by atoms with Gasteiger partial charge in [0.2, 0.25) is 5.91 Å². The first-order valence-corrected chi connectivity index (χ1v) is 8.93. The number of amides is 4. The number of nitriles is 1. The summed E-state index contributed by atoms with van der Waals surface area (Å²) < 4.78 is 5.31. The molecule has 1 aliphatic heterocycles. The van der Waals surface area contributed by atoms with Crippen molar-refractivity contribution in [3.8, 4) is 11.8 Å². The summed E-state index contributed by atoms with van der Waals surface area (Å²) in [6, 6.07) is 15.1. The monoisotopic (exact) mass is 392 g/mol. The molecule has 0 spiro atoms. The fourth-order valence-corrected chi connectivity index (χ4v) is 3.26. The Labute approximate surface area is 168 Å². The smallest absolute Gasteiger partial charge is 0.325 e. The molecule has 3 rings (SSSR count). The third kappa shape index (κ3) is 4.04. The molecule has 2 aromatic rings. The van der Waals surface area contributed by atoms with Gasteiger partial charge in [0, 0.05) is 6.42 Å². The second kappa shape index (κ2) is 8.02. The second-order valence-electron chi connectivity index (χ2n) is 6.85. The van der Waals surface area contributed by atoms with Gasteiger partial charge in [0.15, 0.2) is 0 Å². The van der Waals surface area contributed by atoms with Gasteiger partial charge < -0.3 is 15.4 Å². The molecule has 1 unspecified atom stereocenters. The zero-order valence-electron chi connectivity index (χ0n) is 16.1. The minimum atomic E-state index is -1.20. The standard InChI is InChI=1S/C21H20N4O4/c1-21(11-14-7-4-6-10-17(14)29-2)19(27)25(20(28)24-21)13-18(26)23-16-9-5-3-8-15(16)12-22/h3-10H,11,13H2,1-2H3,(H,23,26)(H,24,28). The lowest BCUT2D eigenvalue weighted by atomic mass is 9.92. The number of carbonyl (C=O) groups excluding carboxylic acids is 3. The van der Waals surface area contributed by atoms with Crippen molar-refractivity contribution in [2.24, 2.45) is 0 Å². The van der Waals surface area contributed by atoms with Gasteiger partial charge in [-0.3, -0.25) is 14.5 Å². The summed E-state index contributed by atoms with van der Waals surface area (Å²) in [6.07, 6.45) is 0.219. The van der Waals surface area contributed by atoms with Crippen LogP contribution in [0.2, 0.25) is 0 Å². The molecule has 4 amide bonds. The van der Waals surface area contributed by atoms with E-state index in [0.717, 1.165) is 10.5 Å². The molecule has 148 valence electrons. The van der Waals surface area contributed by atoms with Gasteiger partial charge in [-0.2, -0.15) is 5.26 Å². The lowest BCUT2D eigenvalue weighted by molar-refractivity contribution is -0.133. The van der Waals surface area contributed by atoms with Gasteiger partial charge in [-0.05, 0) is 30.7 Å². The molecule has 1 heterocycles. The molecule has 1 atom stereocenters. The lowest BCUT2D eigenvalue weighted by Crippen LogP contribution is -2.46. The van der Waals surface area contributed by atoms with Crippen molar-refractivity contribution in [3.05, 3.63) is 59.7 Å². The summed E-state index contributed by atoms with van der Waals surface area (Å²) in [7, 11) is 1.53. The fourth-order valence-electron chi connectivity index (χ4n) is 3.26. The summed E-state index contributed by atoms with van der Waals surface area (Å²) in [6.45, 7) is 1.16. The van der Waals surface area contributed by atoms with E-state index in [1.165, 1.54) is 7.11 Å². The predicted octanol–water partition coefficient (Wildman–Crippen LogP) is 2.06. The van der Waals surface area contributed by atoms with E-state index in [1.54, 1.807) is 37.3 Å². The van der Waals surface area contributed by atoms with Crippen molar-refractivity contribution in [2.75, 3.05) is 19.0 Å². The largest absolute Gasteiger partial charge is 0.496 e. The zero-order valence-corrected chi connectivity index (χ0v) is 16.1. The molecule has 0 aliphatic carbocycles. The number of hydrogen-bond acceptors (Lipinski definition) is 5. The molecule has 0 aromatic heterocycles. The number of urea groups is 1. The number of para-hydroxylation sites is 2. The number of hydrogen-bond donors (Lipinski definition) is 2. The molecule has 29 heavy (non-hydrogen) atoms. The van der Waals surface area contributed by atoms with Crippen molar-refractivity contribution < 1.29 is 19.1 Å². The Morgan fingerprint density at radius 3 is 2.62 bits per heavy atom. The Morgan fingerprint density at radius 2 is 1.90 bits per heavy atom. The molecule has 2 aromatic carbocycles. The quantitative estimate of drug-likeness (QED) is 0.731. The third-order valence-corrected chi connectivity index (χ3v) is 4.71. The summed E-state index contributed by atoms with van der Waals surface area (Å²) >= 11 is 0. The highest BCUT2D eigenvalue weighted by molar-refractivity contribution is 6.10. The highest BCUT2D eigenvalue weighted by atomic mass is 16.5. The maximum Gasteiger partial charge on any atom is 0.325 e. The van der Waals surface area contributed by atoms with Gasteiger partial charge in [-0.25, -0.2) is 4.79 Å². The topological polar surface area (TPSA) is 112 Å². The molecule has 8 heteroatoms. The van der Waals surface area contributed by atoms with Crippen LogP contribution in [-0.2, 0) is 16.0 Å². The van der Waals surface area contributed by atoms with Crippen LogP contribution in [0.5, 0.6) is 5.75 Å². The number of anilines is 1. The molecule has 0 radical (unpaired) electrons. The van der Waals surface area contributed by atoms with E-state index < -0.39 is 29.9 Å². The van der Waals surface area contributed by atoms with Crippen LogP contribution in [0.4, 0.5) is 10.5 Å². The first-order chi connectivity index (χ1) is 13.9. The number of methoxy groups -OCH3 is 1. The van der Waals surface area contributed by atoms with Crippen LogP contribution < -0.4 is 15.4 Å². The van der Waals surface area contributed by atoms with Crippen molar-refractivity contribution in [1.82, 2.24) is 10.2 Å². The number of imide groups is 1. The molecule has 1 aliphatic rings. The Kier molecular flexibility index (Phi) is 5.50. The number of nitrogens with one attached hydrogen (secondary N) is 2. The average molecular weight is 392 g/mol. The van der Waals surface area contributed by atoms with Crippen LogP contribution in [0, 0.1) is 11.3 Å². The van der Waals surface area contributed by atoms with E-state index in [4.69, 9.17) is 10.00 Å². The minimum absolute atomic E-state index is 0.219. The van der Waals surface area contributed by atoms with E-state index in [2.05, 4.69) is 10.6 Å². The number of ether oxygens (including phenoxy) is 1. The van der Waals surface area contributed by atoms with Crippen molar-refractivity contribution >= 4 is 23.5 Å². The van der Waals surface area contributed by atoms with Crippen LogP contribution in [0.3, 0.4) is 0 Å². The average Bonchev–Trinajstić information content (AvgIpc) is 2.91. The van der Waals surface area contributed by atoms with E-state index >= 15 is 0 Å². The molecule has 0 bridgehead atoms. The van der Waals surface area contributed by atoms with Gasteiger partial charge in [-0.15, -0.1) is 0 Å². The number of nitrogens with zero attached hydrogens (tertiary/aromatic N) is 2. The predicted molar refractivity (Wildman–Crippen MR) is 105 cm³/mol. The molecular formula is C21H20N4O4. The highest BCUT2D eigenvalue weighted by Crippen LogP contribution is 2.27. The first-order valence-electron chi connectivity index (χ1n) is 8.93. The van der Waals surface area contributed by atoms with Gasteiger partial charge in [0.1, 0.15) is 23.9 Å². The highest BCUT2D eigenvalue weighted by Gasteiger charge is 2.48. The maximum absolute atomic E-state index is 12.9. The van der Waals surface area contributed by atoms with E-state index in [9.17, 15) is 14.4 Å². The van der Waals surface area contributed by atoms with E-state index in [-0.39, 0.29) is 6.42 Å². The zero-order chi connectivity index (χ0) is 21.0. The number of carbonyl (C=O) groups is 3. The molecular weight excluding hydrogens is 372 g/mol. The summed E-state index contributed by atoms with van der Waals surface area (Å²) in [5.41, 5.74) is 0.180. The molecule has 8 nitrogen and oxygen atoms in total. The normalized spacial score (nSPS) is 18.2. The molecule has 1 fully saturated rings. The fraction of sp³-hybridized carbons (Fsp3) is 0.238. The van der Waals surface area contributed by atoms with Crippen LogP contribution in [0.1, 0.15) is 18.1 Å². The third-order valence-electron chi connectivity index (χ3n) is 4.71. The van der Waals surface area contributed by atoms with Crippen molar-refractivity contribution in [1.29, 1.82) is 5.26 Å². The maximum atomic E-state index is 12.9. The Hall–Kier alpha value is -3.86. The molecule has 0 saturated carbocycles. The molecule has 1 saturated heterocycles. The van der Waals surface area contributed by atoms with E-state index in [0.29, 0.717) is 17.0 Å². The van der Waals surface area contributed by atoms with Crippen LogP contribution in [0.25, 0.3) is 0 Å². The van der Waals surface area contributed by atoms with Crippen LogP contribution in [0.15, 0.2) is 48.5 Å². The van der Waals surface area contributed by atoms with Crippen molar-refractivity contribution in [2.45, 2.75) is 18.9 Å². The van der Waals surface area contributed by atoms with Crippen molar-refractivity contribution in [3.63, 3.8) is 0 Å². The van der Waals surface area contributed by atoms with Gasteiger partial charge in [-0.1, -0.05) is 30.3 Å². The number of benzene rings is 2. The summed E-state index contributed by atoms with van der Waals surface area (Å²) in [4.78, 5) is 38.6. The molecule has 2 N–H and O–H groups in total. The lowest BCUT2D eigenvalue weighted by Gasteiger charge is -2.22. The Bertz CT molecular complexity index is 1010. The summed E-state index contributed by atoms with van der Waals surface area (Å²) in [5.74, 6) is -0.463. The summed E-state index contributed by atoms with van der Waals surface area (Å²) in [5, 5.41) is 14.4. The van der Waals surface area contributed by atoms with E-state index in [1.807, 2.05) is 24.3 Å². The van der Waals surface area contributed by atoms with Crippen LogP contribution in [-0.4, -0.2) is 41.9 Å². The minimum Gasteiger partial charge on any atom is -0.496 e. The van der Waals surface area contributed by atoms with Crippen LogP contribution >= 0.6 is 0 Å². The first kappa shape index (κ1) is 19.9. The van der Waals surface area contributed by atoms with Gasteiger partial charge in [0.05, 0.1) is 18.4 Å². The Balaban J connectivity index is 1.73. The second-order valence-corrected chi connectivity index (χ2v) is 6.85.